The zero-order chi connectivity index (χ0) is 10.8. The Balaban J connectivity index is 2.34. The first-order valence-corrected chi connectivity index (χ1v) is 5.51. The van der Waals surface area contributed by atoms with Crippen molar-refractivity contribution in [3.05, 3.63) is 27.9 Å². The molecule has 1 aromatic heterocycles. The average Bonchev–Trinajstić information content (AvgIpc) is 2.69. The first-order valence-electron chi connectivity index (χ1n) is 5.51. The molecule has 1 unspecified atom stereocenters. The van der Waals surface area contributed by atoms with Crippen molar-refractivity contribution >= 4 is 0 Å². The smallest absolute Gasteiger partial charge is 0.251 e. The second-order valence-corrected chi connectivity index (χ2v) is 4.36. The molecule has 2 N–H and O–H groups in total. The van der Waals surface area contributed by atoms with E-state index in [1.807, 2.05) is 13.8 Å². The quantitative estimate of drug-likeness (QED) is 0.769. The number of H-pyrrole nitrogens is 1. The van der Waals surface area contributed by atoms with Crippen LogP contribution in [-0.4, -0.2) is 16.5 Å². The molecule has 15 heavy (non-hydrogen) atoms. The second-order valence-electron chi connectivity index (χ2n) is 4.36. The van der Waals surface area contributed by atoms with Crippen molar-refractivity contribution in [2.75, 3.05) is 6.54 Å². The van der Waals surface area contributed by atoms with E-state index in [1.165, 1.54) is 0 Å². The van der Waals surface area contributed by atoms with E-state index in [1.54, 1.807) is 6.07 Å². The maximum atomic E-state index is 11.4. The van der Waals surface area contributed by atoms with Gasteiger partial charge in [0.2, 0.25) is 0 Å². The van der Waals surface area contributed by atoms with Crippen molar-refractivity contribution in [1.29, 1.82) is 0 Å². The third-order valence-electron chi connectivity index (χ3n) is 2.74. The number of rotatable bonds is 2. The highest BCUT2D eigenvalue weighted by molar-refractivity contribution is 5.10. The highest BCUT2D eigenvalue weighted by atomic mass is 16.1. The summed E-state index contributed by atoms with van der Waals surface area (Å²) in [4.78, 5) is 18.7. The molecule has 82 valence electrons. The van der Waals surface area contributed by atoms with Crippen LogP contribution in [-0.2, 0) is 0 Å². The number of aromatic amines is 1. The summed E-state index contributed by atoms with van der Waals surface area (Å²) >= 11 is 0. The van der Waals surface area contributed by atoms with Gasteiger partial charge in [-0.05, 0) is 19.4 Å². The molecule has 1 aliphatic heterocycles. The molecule has 2 heterocycles. The van der Waals surface area contributed by atoms with E-state index in [4.69, 9.17) is 0 Å². The van der Waals surface area contributed by atoms with E-state index in [0.717, 1.165) is 30.9 Å². The Kier molecular flexibility index (Phi) is 2.86. The minimum absolute atomic E-state index is 0.0441. The van der Waals surface area contributed by atoms with Crippen LogP contribution in [0.3, 0.4) is 0 Å². The summed E-state index contributed by atoms with van der Waals surface area (Å²) in [5.41, 5.74) is 0.845. The van der Waals surface area contributed by atoms with Gasteiger partial charge in [0.15, 0.2) is 0 Å². The standard InChI is InChI=1S/C11H17N3O/c1-7(2)11-13-9(6-10(15)14-11)8-4-3-5-12-8/h6-8,12H,3-5H2,1-2H3,(H,13,14,15). The fraction of sp³-hybridized carbons (Fsp3) is 0.636. The van der Waals surface area contributed by atoms with E-state index >= 15 is 0 Å². The SMILES string of the molecule is CC(C)c1nc(C2CCCN2)cc(=O)[nH]1. The molecule has 1 saturated heterocycles. The zero-order valence-corrected chi connectivity index (χ0v) is 9.21. The van der Waals surface area contributed by atoms with E-state index in [9.17, 15) is 4.79 Å². The van der Waals surface area contributed by atoms with Crippen molar-refractivity contribution < 1.29 is 0 Å². The molecule has 0 spiro atoms. The summed E-state index contributed by atoms with van der Waals surface area (Å²) in [5.74, 6) is 1.05. The van der Waals surface area contributed by atoms with Gasteiger partial charge in [-0.15, -0.1) is 0 Å². The predicted molar refractivity (Wildman–Crippen MR) is 58.9 cm³/mol. The van der Waals surface area contributed by atoms with Gasteiger partial charge in [-0.2, -0.15) is 0 Å². The van der Waals surface area contributed by atoms with Crippen LogP contribution in [0.15, 0.2) is 10.9 Å². The van der Waals surface area contributed by atoms with Crippen LogP contribution in [0.25, 0.3) is 0 Å². The highest BCUT2D eigenvalue weighted by Crippen LogP contribution is 2.20. The molecule has 1 aromatic rings. The molecular weight excluding hydrogens is 190 g/mol. The molecule has 1 atom stereocenters. The molecule has 0 saturated carbocycles. The Morgan fingerprint density at radius 2 is 2.33 bits per heavy atom. The Morgan fingerprint density at radius 3 is 2.93 bits per heavy atom. The molecule has 0 radical (unpaired) electrons. The molecule has 4 heteroatoms. The minimum Gasteiger partial charge on any atom is -0.310 e. The van der Waals surface area contributed by atoms with Crippen LogP contribution < -0.4 is 10.9 Å². The van der Waals surface area contributed by atoms with Crippen LogP contribution in [0.4, 0.5) is 0 Å². The Bertz CT molecular complexity index is 391. The predicted octanol–water partition coefficient (Wildman–Crippen LogP) is 1.32. The lowest BCUT2D eigenvalue weighted by Crippen LogP contribution is -2.20. The van der Waals surface area contributed by atoms with Crippen LogP contribution in [0.1, 0.15) is 50.2 Å². The number of hydrogen-bond acceptors (Lipinski definition) is 3. The minimum atomic E-state index is -0.0441. The van der Waals surface area contributed by atoms with E-state index in [2.05, 4.69) is 15.3 Å². The molecule has 0 aromatic carbocycles. The normalized spacial score (nSPS) is 21.1. The lowest BCUT2D eigenvalue weighted by atomic mass is 10.1. The lowest BCUT2D eigenvalue weighted by Gasteiger charge is -2.11. The van der Waals surface area contributed by atoms with Gasteiger partial charge in [0, 0.05) is 18.0 Å². The first kappa shape index (κ1) is 10.4. The third kappa shape index (κ3) is 2.26. The third-order valence-corrected chi connectivity index (χ3v) is 2.74. The highest BCUT2D eigenvalue weighted by Gasteiger charge is 2.18. The average molecular weight is 207 g/mol. The van der Waals surface area contributed by atoms with Crippen molar-refractivity contribution in [1.82, 2.24) is 15.3 Å². The maximum Gasteiger partial charge on any atom is 0.251 e. The van der Waals surface area contributed by atoms with E-state index in [0.29, 0.717) is 0 Å². The summed E-state index contributed by atoms with van der Waals surface area (Å²) < 4.78 is 0. The fourth-order valence-electron chi connectivity index (χ4n) is 1.88. The largest absolute Gasteiger partial charge is 0.310 e. The number of hydrogen-bond donors (Lipinski definition) is 2. The monoisotopic (exact) mass is 207 g/mol. The van der Waals surface area contributed by atoms with Crippen molar-refractivity contribution in [2.24, 2.45) is 0 Å². The number of nitrogens with zero attached hydrogens (tertiary/aromatic N) is 1. The van der Waals surface area contributed by atoms with E-state index in [-0.39, 0.29) is 17.5 Å². The zero-order valence-electron chi connectivity index (χ0n) is 9.21. The van der Waals surface area contributed by atoms with Gasteiger partial charge >= 0.3 is 0 Å². The Labute approximate surface area is 89.1 Å². The number of nitrogens with one attached hydrogen (secondary N) is 2. The van der Waals surface area contributed by atoms with Crippen LogP contribution in [0.2, 0.25) is 0 Å². The summed E-state index contributed by atoms with van der Waals surface area (Å²) in [6.07, 6.45) is 2.24. The van der Waals surface area contributed by atoms with Gasteiger partial charge in [-0.1, -0.05) is 13.8 Å². The summed E-state index contributed by atoms with van der Waals surface area (Å²) in [7, 11) is 0. The summed E-state index contributed by atoms with van der Waals surface area (Å²) in [6, 6.07) is 1.87. The molecule has 0 aliphatic carbocycles. The molecular formula is C11H17N3O. The van der Waals surface area contributed by atoms with Crippen LogP contribution in [0.5, 0.6) is 0 Å². The topological polar surface area (TPSA) is 57.8 Å². The molecule has 0 bridgehead atoms. The van der Waals surface area contributed by atoms with Gasteiger partial charge in [-0.25, -0.2) is 4.98 Å². The van der Waals surface area contributed by atoms with Gasteiger partial charge in [0.25, 0.3) is 5.56 Å². The summed E-state index contributed by atoms with van der Waals surface area (Å²) in [6.45, 7) is 5.09. The van der Waals surface area contributed by atoms with Crippen LogP contribution >= 0.6 is 0 Å². The molecule has 4 nitrogen and oxygen atoms in total. The van der Waals surface area contributed by atoms with Crippen molar-refractivity contribution in [3.8, 4) is 0 Å². The summed E-state index contributed by atoms with van der Waals surface area (Å²) in [5, 5.41) is 3.35. The second kappa shape index (κ2) is 4.14. The maximum absolute atomic E-state index is 11.4. The molecule has 1 fully saturated rings. The molecule has 1 aliphatic rings. The van der Waals surface area contributed by atoms with Crippen molar-refractivity contribution in [2.45, 2.75) is 38.6 Å². The molecule has 2 rings (SSSR count). The molecule has 0 amide bonds. The van der Waals surface area contributed by atoms with Gasteiger partial charge in [-0.3, -0.25) is 4.79 Å². The Hall–Kier alpha value is -1.16. The van der Waals surface area contributed by atoms with E-state index < -0.39 is 0 Å². The van der Waals surface area contributed by atoms with Gasteiger partial charge < -0.3 is 10.3 Å². The number of aromatic nitrogens is 2. The van der Waals surface area contributed by atoms with Gasteiger partial charge in [0.1, 0.15) is 5.82 Å². The fourth-order valence-corrected chi connectivity index (χ4v) is 1.88. The lowest BCUT2D eigenvalue weighted by molar-refractivity contribution is 0.611. The Morgan fingerprint density at radius 1 is 1.53 bits per heavy atom. The first-order chi connectivity index (χ1) is 7.16. The van der Waals surface area contributed by atoms with Gasteiger partial charge in [0.05, 0.1) is 5.69 Å². The van der Waals surface area contributed by atoms with Crippen molar-refractivity contribution in [3.63, 3.8) is 0 Å². The van der Waals surface area contributed by atoms with Crippen LogP contribution in [0, 0.1) is 0 Å².